The molecular formula is C17H17Cl2N3O3. The molecule has 1 amide bonds. The van der Waals surface area contributed by atoms with E-state index >= 15 is 0 Å². The first-order chi connectivity index (χ1) is 12.1. The molecule has 2 aromatic rings. The number of carbonyl (C=O) groups is 1. The summed E-state index contributed by atoms with van der Waals surface area (Å²) in [6.07, 6.45) is 8.60. The van der Waals surface area contributed by atoms with Crippen LogP contribution in [0.1, 0.15) is 36.0 Å². The highest BCUT2D eigenvalue weighted by Gasteiger charge is 2.21. The Hall–Kier alpha value is -2.05. The molecule has 1 saturated carbocycles. The van der Waals surface area contributed by atoms with Gasteiger partial charge in [0.25, 0.3) is 11.8 Å². The summed E-state index contributed by atoms with van der Waals surface area (Å²) in [6.45, 7) is 0. The van der Waals surface area contributed by atoms with E-state index in [4.69, 9.17) is 32.7 Å². The minimum absolute atomic E-state index is 0.123. The van der Waals surface area contributed by atoms with Crippen molar-refractivity contribution in [1.82, 2.24) is 9.97 Å². The van der Waals surface area contributed by atoms with E-state index in [1.54, 1.807) is 6.07 Å². The maximum Gasteiger partial charge on any atom is 0.257 e. The fourth-order valence-electron chi connectivity index (χ4n) is 2.70. The van der Waals surface area contributed by atoms with Crippen LogP contribution in [0, 0.1) is 0 Å². The summed E-state index contributed by atoms with van der Waals surface area (Å²) in [6, 6.07) is 1.61. The first kappa shape index (κ1) is 17.8. The smallest absolute Gasteiger partial charge is 0.257 e. The van der Waals surface area contributed by atoms with Crippen molar-refractivity contribution >= 4 is 34.8 Å². The van der Waals surface area contributed by atoms with E-state index in [9.17, 15) is 4.79 Å². The Morgan fingerprint density at radius 1 is 1.20 bits per heavy atom. The Morgan fingerprint density at radius 2 is 1.88 bits per heavy atom. The molecule has 1 aliphatic rings. The summed E-state index contributed by atoms with van der Waals surface area (Å²) >= 11 is 12.1. The molecule has 0 bridgehead atoms. The third-order valence-corrected chi connectivity index (χ3v) is 4.53. The maximum absolute atomic E-state index is 12.5. The molecule has 2 aromatic heterocycles. The Kier molecular flexibility index (Phi) is 5.60. The fraction of sp³-hybridized carbons (Fsp3) is 0.353. The zero-order chi connectivity index (χ0) is 17.8. The quantitative estimate of drug-likeness (QED) is 0.832. The zero-order valence-electron chi connectivity index (χ0n) is 13.6. The number of ether oxygens (including phenoxy) is 2. The van der Waals surface area contributed by atoms with Gasteiger partial charge in [-0.1, -0.05) is 23.2 Å². The van der Waals surface area contributed by atoms with Crippen molar-refractivity contribution in [3.8, 4) is 11.6 Å². The molecule has 132 valence electrons. The summed E-state index contributed by atoms with van der Waals surface area (Å²) in [5.74, 6) is 0.402. The number of nitrogens with one attached hydrogen (secondary N) is 1. The van der Waals surface area contributed by atoms with Crippen molar-refractivity contribution in [2.45, 2.75) is 31.8 Å². The Morgan fingerprint density at radius 3 is 2.52 bits per heavy atom. The van der Waals surface area contributed by atoms with Crippen molar-refractivity contribution in [1.29, 1.82) is 0 Å². The van der Waals surface area contributed by atoms with E-state index in [0.29, 0.717) is 22.9 Å². The maximum atomic E-state index is 12.5. The molecule has 0 atom stereocenters. The summed E-state index contributed by atoms with van der Waals surface area (Å²) in [5, 5.41) is 3.18. The number of pyridine rings is 2. The summed E-state index contributed by atoms with van der Waals surface area (Å²) < 4.78 is 11.2. The summed E-state index contributed by atoms with van der Waals surface area (Å²) in [4.78, 5) is 20.5. The van der Waals surface area contributed by atoms with Gasteiger partial charge < -0.3 is 14.8 Å². The minimum Gasteiger partial charge on any atom is -0.485 e. The predicted molar refractivity (Wildman–Crippen MR) is 95.9 cm³/mol. The van der Waals surface area contributed by atoms with Crippen LogP contribution in [0.2, 0.25) is 10.0 Å². The highest BCUT2D eigenvalue weighted by Crippen LogP contribution is 2.32. The zero-order valence-corrected chi connectivity index (χ0v) is 15.1. The van der Waals surface area contributed by atoms with Crippen LogP contribution < -0.4 is 14.8 Å². The minimum atomic E-state index is -0.401. The average Bonchev–Trinajstić information content (AvgIpc) is 3.11. The Bertz CT molecular complexity index is 759. The fourth-order valence-corrected chi connectivity index (χ4v) is 3.16. The molecule has 8 heteroatoms. The van der Waals surface area contributed by atoms with Crippen molar-refractivity contribution < 1.29 is 14.3 Å². The molecule has 0 spiro atoms. The number of rotatable bonds is 5. The van der Waals surface area contributed by atoms with Crippen LogP contribution >= 0.6 is 23.2 Å². The normalized spacial score (nSPS) is 14.4. The SMILES string of the molecule is COc1ncc(C(=O)Nc2c(Cl)cncc2Cl)cc1OC1CCCC1. The van der Waals surface area contributed by atoms with Gasteiger partial charge in [-0.2, -0.15) is 0 Å². The van der Waals surface area contributed by atoms with Crippen LogP contribution in [-0.2, 0) is 0 Å². The van der Waals surface area contributed by atoms with Crippen LogP contribution in [0.15, 0.2) is 24.7 Å². The molecule has 1 aliphatic carbocycles. The first-order valence-electron chi connectivity index (χ1n) is 7.89. The van der Waals surface area contributed by atoms with Gasteiger partial charge in [0.2, 0.25) is 0 Å². The first-order valence-corrected chi connectivity index (χ1v) is 8.65. The van der Waals surface area contributed by atoms with Crippen molar-refractivity contribution in [3.05, 3.63) is 40.3 Å². The molecule has 2 heterocycles. The number of anilines is 1. The molecule has 1 N–H and O–H groups in total. The second kappa shape index (κ2) is 7.89. The molecule has 25 heavy (non-hydrogen) atoms. The molecule has 6 nitrogen and oxygen atoms in total. The van der Waals surface area contributed by atoms with Crippen LogP contribution in [0.5, 0.6) is 11.6 Å². The largest absolute Gasteiger partial charge is 0.485 e. The van der Waals surface area contributed by atoms with Gasteiger partial charge in [0, 0.05) is 24.7 Å². The topological polar surface area (TPSA) is 73.3 Å². The summed E-state index contributed by atoms with van der Waals surface area (Å²) in [5.41, 5.74) is 0.621. The number of nitrogens with zero attached hydrogens (tertiary/aromatic N) is 2. The van der Waals surface area contributed by atoms with Gasteiger partial charge in [-0.15, -0.1) is 0 Å². The Labute approximate surface area is 155 Å². The highest BCUT2D eigenvalue weighted by molar-refractivity contribution is 6.39. The van der Waals surface area contributed by atoms with E-state index in [0.717, 1.165) is 25.7 Å². The lowest BCUT2D eigenvalue weighted by atomic mass is 10.2. The van der Waals surface area contributed by atoms with Crippen LogP contribution in [0.4, 0.5) is 5.69 Å². The van der Waals surface area contributed by atoms with E-state index < -0.39 is 5.91 Å². The predicted octanol–water partition coefficient (Wildman–Crippen LogP) is 4.37. The van der Waals surface area contributed by atoms with E-state index in [2.05, 4.69) is 15.3 Å². The molecule has 3 rings (SSSR count). The third-order valence-electron chi connectivity index (χ3n) is 3.96. The van der Waals surface area contributed by atoms with Gasteiger partial charge in [-0.05, 0) is 25.7 Å². The lowest BCUT2D eigenvalue weighted by Gasteiger charge is -2.16. The van der Waals surface area contributed by atoms with Gasteiger partial charge in [-0.25, -0.2) is 4.98 Å². The second-order valence-corrected chi connectivity index (χ2v) is 6.50. The van der Waals surface area contributed by atoms with Gasteiger partial charge in [0.1, 0.15) is 0 Å². The van der Waals surface area contributed by atoms with Gasteiger partial charge in [-0.3, -0.25) is 9.78 Å². The number of carbonyl (C=O) groups excluding carboxylic acids is 1. The lowest BCUT2D eigenvalue weighted by molar-refractivity contribution is 0.102. The molecular weight excluding hydrogens is 365 g/mol. The van der Waals surface area contributed by atoms with E-state index in [-0.39, 0.29) is 16.1 Å². The number of aromatic nitrogens is 2. The molecule has 1 fully saturated rings. The number of halogens is 2. The summed E-state index contributed by atoms with van der Waals surface area (Å²) in [7, 11) is 1.51. The van der Waals surface area contributed by atoms with E-state index in [1.165, 1.54) is 25.7 Å². The molecule has 0 aliphatic heterocycles. The van der Waals surface area contributed by atoms with Gasteiger partial charge in [0.05, 0.1) is 34.5 Å². The van der Waals surface area contributed by atoms with Gasteiger partial charge in [0.15, 0.2) is 5.75 Å². The van der Waals surface area contributed by atoms with Crippen molar-refractivity contribution in [3.63, 3.8) is 0 Å². The average molecular weight is 382 g/mol. The van der Waals surface area contributed by atoms with Crippen LogP contribution in [0.3, 0.4) is 0 Å². The lowest BCUT2D eigenvalue weighted by Crippen LogP contribution is -2.16. The molecule has 0 radical (unpaired) electrons. The number of methoxy groups -OCH3 is 1. The number of hydrogen-bond acceptors (Lipinski definition) is 5. The highest BCUT2D eigenvalue weighted by atomic mass is 35.5. The van der Waals surface area contributed by atoms with Crippen LogP contribution in [0.25, 0.3) is 0 Å². The van der Waals surface area contributed by atoms with Gasteiger partial charge >= 0.3 is 0 Å². The second-order valence-electron chi connectivity index (χ2n) is 5.69. The van der Waals surface area contributed by atoms with Crippen molar-refractivity contribution in [2.24, 2.45) is 0 Å². The van der Waals surface area contributed by atoms with Crippen molar-refractivity contribution in [2.75, 3.05) is 12.4 Å². The number of hydrogen-bond donors (Lipinski definition) is 1. The standard InChI is InChI=1S/C17H17Cl2N3O3/c1-24-17-14(25-11-4-2-3-5-11)6-10(7-21-17)16(23)22-15-12(18)8-20-9-13(15)19/h6-9,11H,2-5H2,1H3,(H,20,22,23). The third kappa shape index (κ3) is 4.14. The molecule has 0 saturated heterocycles. The molecule has 0 unspecified atom stereocenters. The number of amides is 1. The molecule has 0 aromatic carbocycles. The Balaban J connectivity index is 1.82. The monoisotopic (exact) mass is 381 g/mol. The van der Waals surface area contributed by atoms with E-state index in [1.807, 2.05) is 0 Å². The van der Waals surface area contributed by atoms with Crippen LogP contribution in [-0.4, -0.2) is 29.1 Å².